The van der Waals surface area contributed by atoms with Gasteiger partial charge >= 0.3 is 0 Å². The summed E-state index contributed by atoms with van der Waals surface area (Å²) >= 11 is 0. The summed E-state index contributed by atoms with van der Waals surface area (Å²) in [5, 5.41) is 3.71. The van der Waals surface area contributed by atoms with Crippen LogP contribution in [0.5, 0.6) is 11.5 Å². The number of rotatable bonds is 8. The molecule has 2 aromatic rings. The largest absolute Gasteiger partial charge is 0.493 e. The zero-order chi connectivity index (χ0) is 18.2. The van der Waals surface area contributed by atoms with Crippen LogP contribution in [0.3, 0.4) is 0 Å². The lowest BCUT2D eigenvalue weighted by molar-refractivity contribution is 0.190. The first-order valence-corrected chi connectivity index (χ1v) is 9.58. The Balaban J connectivity index is 1.45. The number of nitrogens with one attached hydrogen (secondary N) is 1. The highest BCUT2D eigenvalue weighted by atomic mass is 16.5. The molecule has 0 radical (unpaired) electrons. The van der Waals surface area contributed by atoms with Gasteiger partial charge in [-0.25, -0.2) is 0 Å². The topological polar surface area (TPSA) is 33.7 Å². The number of hydrogen-bond donors (Lipinski definition) is 1. The molecule has 1 fully saturated rings. The third-order valence-electron chi connectivity index (χ3n) is 4.96. The van der Waals surface area contributed by atoms with E-state index in [0.29, 0.717) is 12.6 Å². The lowest BCUT2D eigenvalue weighted by atomic mass is 10.0. The molecule has 1 saturated heterocycles. The average Bonchev–Trinajstić information content (AvgIpc) is 2.69. The van der Waals surface area contributed by atoms with E-state index >= 15 is 0 Å². The van der Waals surface area contributed by atoms with E-state index in [9.17, 15) is 0 Å². The van der Waals surface area contributed by atoms with E-state index in [2.05, 4.69) is 52.7 Å². The molecule has 0 amide bonds. The molecule has 0 atom stereocenters. The Bertz CT molecular complexity index is 667. The summed E-state index contributed by atoms with van der Waals surface area (Å²) in [6.45, 7) is 6.87. The maximum Gasteiger partial charge on any atom is 0.161 e. The fraction of sp³-hybridized carbons (Fsp3) is 0.455. The number of piperidine rings is 1. The van der Waals surface area contributed by atoms with Gasteiger partial charge in [-0.3, -0.25) is 4.90 Å². The molecule has 1 heterocycles. The number of benzene rings is 2. The predicted molar refractivity (Wildman–Crippen MR) is 106 cm³/mol. The third-order valence-corrected chi connectivity index (χ3v) is 4.96. The molecule has 3 rings (SSSR count). The third kappa shape index (κ3) is 5.23. The molecule has 0 aromatic heterocycles. The molecular weight excluding hydrogens is 324 g/mol. The molecule has 0 spiro atoms. The van der Waals surface area contributed by atoms with Gasteiger partial charge in [0.05, 0.1) is 13.7 Å². The van der Waals surface area contributed by atoms with Gasteiger partial charge in [0.1, 0.15) is 0 Å². The van der Waals surface area contributed by atoms with Crippen molar-refractivity contribution in [3.63, 3.8) is 0 Å². The zero-order valence-corrected chi connectivity index (χ0v) is 15.9. The minimum Gasteiger partial charge on any atom is -0.493 e. The van der Waals surface area contributed by atoms with Crippen molar-refractivity contribution < 1.29 is 9.47 Å². The minimum absolute atomic E-state index is 0.583. The minimum atomic E-state index is 0.583. The second kappa shape index (κ2) is 9.60. The van der Waals surface area contributed by atoms with Crippen molar-refractivity contribution in [2.24, 2.45) is 0 Å². The summed E-state index contributed by atoms with van der Waals surface area (Å²) in [5.41, 5.74) is 2.64. The SMILES string of the molecule is CCOc1cc(CNC2CCN(Cc3ccccc3)CC2)ccc1OC. The molecule has 2 aromatic carbocycles. The Morgan fingerprint density at radius 1 is 1.00 bits per heavy atom. The highest BCUT2D eigenvalue weighted by molar-refractivity contribution is 5.42. The molecule has 26 heavy (non-hydrogen) atoms. The molecule has 4 nitrogen and oxygen atoms in total. The van der Waals surface area contributed by atoms with Gasteiger partial charge in [-0.1, -0.05) is 36.4 Å². The zero-order valence-electron chi connectivity index (χ0n) is 15.9. The molecule has 4 heteroatoms. The van der Waals surface area contributed by atoms with Gasteiger partial charge in [-0.05, 0) is 56.1 Å². The van der Waals surface area contributed by atoms with Gasteiger partial charge < -0.3 is 14.8 Å². The summed E-state index contributed by atoms with van der Waals surface area (Å²) < 4.78 is 11.0. The molecule has 0 saturated carbocycles. The van der Waals surface area contributed by atoms with Crippen LogP contribution in [0.1, 0.15) is 30.9 Å². The van der Waals surface area contributed by atoms with Crippen LogP contribution in [-0.4, -0.2) is 37.7 Å². The van der Waals surface area contributed by atoms with Gasteiger partial charge in [-0.15, -0.1) is 0 Å². The van der Waals surface area contributed by atoms with Crippen LogP contribution in [-0.2, 0) is 13.1 Å². The van der Waals surface area contributed by atoms with Gasteiger partial charge in [0.15, 0.2) is 11.5 Å². The Morgan fingerprint density at radius 2 is 1.77 bits per heavy atom. The average molecular weight is 354 g/mol. The maximum absolute atomic E-state index is 5.67. The first kappa shape index (κ1) is 18.7. The van der Waals surface area contributed by atoms with Crippen LogP contribution in [0.2, 0.25) is 0 Å². The number of nitrogens with zero attached hydrogens (tertiary/aromatic N) is 1. The van der Waals surface area contributed by atoms with Crippen LogP contribution in [0.4, 0.5) is 0 Å². The van der Waals surface area contributed by atoms with Crippen molar-refractivity contribution >= 4 is 0 Å². The van der Waals surface area contributed by atoms with E-state index in [4.69, 9.17) is 9.47 Å². The van der Waals surface area contributed by atoms with E-state index in [-0.39, 0.29) is 0 Å². The molecular formula is C22H30N2O2. The van der Waals surface area contributed by atoms with Crippen molar-refractivity contribution in [3.8, 4) is 11.5 Å². The van der Waals surface area contributed by atoms with Crippen molar-refractivity contribution in [2.75, 3.05) is 26.8 Å². The van der Waals surface area contributed by atoms with E-state index < -0.39 is 0 Å². The van der Waals surface area contributed by atoms with Crippen LogP contribution in [0.25, 0.3) is 0 Å². The van der Waals surface area contributed by atoms with Gasteiger partial charge in [0, 0.05) is 19.1 Å². The molecule has 0 aliphatic carbocycles. The lowest BCUT2D eigenvalue weighted by Gasteiger charge is -2.32. The summed E-state index contributed by atoms with van der Waals surface area (Å²) in [5.74, 6) is 1.62. The Morgan fingerprint density at radius 3 is 2.46 bits per heavy atom. The van der Waals surface area contributed by atoms with Gasteiger partial charge in [0.2, 0.25) is 0 Å². The smallest absolute Gasteiger partial charge is 0.161 e. The van der Waals surface area contributed by atoms with E-state index in [1.54, 1.807) is 7.11 Å². The number of ether oxygens (including phenoxy) is 2. The molecule has 0 unspecified atom stereocenters. The maximum atomic E-state index is 5.67. The molecule has 1 aliphatic heterocycles. The van der Waals surface area contributed by atoms with Crippen LogP contribution >= 0.6 is 0 Å². The van der Waals surface area contributed by atoms with E-state index in [0.717, 1.165) is 37.7 Å². The highest BCUT2D eigenvalue weighted by Crippen LogP contribution is 2.28. The number of hydrogen-bond acceptors (Lipinski definition) is 4. The molecule has 0 bridgehead atoms. The lowest BCUT2D eigenvalue weighted by Crippen LogP contribution is -2.41. The van der Waals surface area contributed by atoms with Crippen molar-refractivity contribution in [1.82, 2.24) is 10.2 Å². The predicted octanol–water partition coefficient (Wildman–Crippen LogP) is 3.85. The Labute approximate surface area is 157 Å². The summed E-state index contributed by atoms with van der Waals surface area (Å²) in [6.07, 6.45) is 2.39. The van der Waals surface area contributed by atoms with Crippen LogP contribution in [0, 0.1) is 0 Å². The first-order valence-electron chi connectivity index (χ1n) is 9.58. The molecule has 1 aliphatic rings. The van der Waals surface area contributed by atoms with E-state index in [1.165, 1.54) is 24.0 Å². The summed E-state index contributed by atoms with van der Waals surface area (Å²) in [6, 6.07) is 17.5. The number of likely N-dealkylation sites (tertiary alicyclic amines) is 1. The monoisotopic (exact) mass is 354 g/mol. The van der Waals surface area contributed by atoms with Crippen molar-refractivity contribution in [3.05, 3.63) is 59.7 Å². The molecule has 140 valence electrons. The fourth-order valence-corrected chi connectivity index (χ4v) is 3.50. The standard InChI is InChI=1S/C22H30N2O2/c1-3-26-22-15-19(9-10-21(22)25-2)16-23-20-11-13-24(14-12-20)17-18-7-5-4-6-8-18/h4-10,15,20,23H,3,11-14,16-17H2,1-2H3. The van der Waals surface area contributed by atoms with E-state index in [1.807, 2.05) is 13.0 Å². The second-order valence-corrected chi connectivity index (χ2v) is 6.84. The van der Waals surface area contributed by atoms with Crippen molar-refractivity contribution in [2.45, 2.75) is 38.9 Å². The van der Waals surface area contributed by atoms with Crippen LogP contribution < -0.4 is 14.8 Å². The van der Waals surface area contributed by atoms with Crippen LogP contribution in [0.15, 0.2) is 48.5 Å². The van der Waals surface area contributed by atoms with Gasteiger partial charge in [-0.2, -0.15) is 0 Å². The normalized spacial score (nSPS) is 15.8. The highest BCUT2D eigenvalue weighted by Gasteiger charge is 2.19. The Hall–Kier alpha value is -2.04. The van der Waals surface area contributed by atoms with Gasteiger partial charge in [0.25, 0.3) is 0 Å². The molecule has 1 N–H and O–H groups in total. The summed E-state index contributed by atoms with van der Waals surface area (Å²) in [7, 11) is 1.68. The quantitative estimate of drug-likeness (QED) is 0.781. The Kier molecular flexibility index (Phi) is 6.92. The summed E-state index contributed by atoms with van der Waals surface area (Å²) in [4.78, 5) is 2.55. The second-order valence-electron chi connectivity index (χ2n) is 6.84. The van der Waals surface area contributed by atoms with Crippen molar-refractivity contribution in [1.29, 1.82) is 0 Å². The number of methoxy groups -OCH3 is 1. The fourth-order valence-electron chi connectivity index (χ4n) is 3.50. The first-order chi connectivity index (χ1) is 12.8.